The van der Waals surface area contributed by atoms with Gasteiger partial charge in [-0.3, -0.25) is 24.2 Å². The number of aromatic amines is 1. The Labute approximate surface area is 205 Å². The number of nitrogens with zero attached hydrogens (tertiary/aromatic N) is 4. The second-order valence-corrected chi connectivity index (χ2v) is 9.89. The molecule has 1 aromatic carbocycles. The van der Waals surface area contributed by atoms with Gasteiger partial charge in [0.25, 0.3) is 0 Å². The monoisotopic (exact) mass is 484 g/mol. The summed E-state index contributed by atoms with van der Waals surface area (Å²) in [5, 5.41) is 13.8. The molecule has 2 aliphatic heterocycles. The molecule has 3 heterocycles. The highest BCUT2D eigenvalue weighted by Crippen LogP contribution is 2.31. The first-order valence-corrected chi connectivity index (χ1v) is 12.3. The van der Waals surface area contributed by atoms with Crippen LogP contribution < -0.4 is 5.32 Å². The molecule has 2 saturated heterocycles. The van der Waals surface area contributed by atoms with Gasteiger partial charge in [0, 0.05) is 86.6 Å². The lowest BCUT2D eigenvalue weighted by molar-refractivity contribution is -0.145. The largest absolute Gasteiger partial charge is 0.480 e. The van der Waals surface area contributed by atoms with Gasteiger partial charge in [-0.2, -0.15) is 0 Å². The summed E-state index contributed by atoms with van der Waals surface area (Å²) in [4.78, 5) is 48.5. The minimum atomic E-state index is -0.898. The molecule has 2 aromatic rings. The lowest BCUT2D eigenvalue weighted by Gasteiger charge is -2.39. The van der Waals surface area contributed by atoms with E-state index >= 15 is 0 Å². The number of rotatable bonds is 7. The third-order valence-electron chi connectivity index (χ3n) is 7.02. The maximum absolute atomic E-state index is 12.7. The maximum atomic E-state index is 12.7. The number of amides is 2. The van der Waals surface area contributed by atoms with Gasteiger partial charge in [0.15, 0.2) is 0 Å². The molecule has 2 amide bonds. The van der Waals surface area contributed by atoms with E-state index in [1.807, 2.05) is 35.8 Å². The lowest BCUT2D eigenvalue weighted by atomic mass is 10.0. The summed E-state index contributed by atoms with van der Waals surface area (Å²) < 4.78 is 0. The number of hydrogen-bond acceptors (Lipinski definition) is 6. The van der Waals surface area contributed by atoms with Gasteiger partial charge < -0.3 is 25.2 Å². The van der Waals surface area contributed by atoms with Crippen molar-refractivity contribution in [3.8, 4) is 0 Å². The summed E-state index contributed by atoms with van der Waals surface area (Å²) in [6, 6.07) is 4.72. The molecule has 2 fully saturated rings. The van der Waals surface area contributed by atoms with Gasteiger partial charge in [-0.1, -0.05) is 19.9 Å². The summed E-state index contributed by atoms with van der Waals surface area (Å²) >= 11 is 0. The number of anilines is 1. The van der Waals surface area contributed by atoms with E-state index in [4.69, 9.17) is 0 Å². The Balaban J connectivity index is 1.40. The van der Waals surface area contributed by atoms with Crippen LogP contribution in [0.5, 0.6) is 0 Å². The highest BCUT2D eigenvalue weighted by Gasteiger charge is 2.33. The lowest BCUT2D eigenvalue weighted by Crippen LogP contribution is -2.54. The molecule has 10 nitrogen and oxygen atoms in total. The van der Waals surface area contributed by atoms with Crippen LogP contribution in [0.15, 0.2) is 24.4 Å². The van der Waals surface area contributed by atoms with E-state index in [1.165, 1.54) is 0 Å². The molecule has 4 rings (SSSR count). The minimum Gasteiger partial charge on any atom is -0.480 e. The van der Waals surface area contributed by atoms with Crippen LogP contribution in [0.3, 0.4) is 0 Å². The van der Waals surface area contributed by atoms with E-state index in [9.17, 15) is 19.5 Å². The molecule has 1 atom stereocenters. The predicted molar refractivity (Wildman–Crippen MR) is 134 cm³/mol. The molecule has 35 heavy (non-hydrogen) atoms. The highest BCUT2D eigenvalue weighted by molar-refractivity contribution is 5.96. The Bertz CT molecular complexity index is 1070. The fourth-order valence-electron chi connectivity index (χ4n) is 4.75. The summed E-state index contributed by atoms with van der Waals surface area (Å²) in [5.41, 5.74) is 2.16. The highest BCUT2D eigenvalue weighted by atomic mass is 16.4. The number of piperazine rings is 2. The first-order valence-electron chi connectivity index (χ1n) is 12.3. The van der Waals surface area contributed by atoms with Crippen LogP contribution in [0.25, 0.3) is 10.9 Å². The van der Waals surface area contributed by atoms with Gasteiger partial charge in [-0.05, 0) is 19.2 Å². The summed E-state index contributed by atoms with van der Waals surface area (Å²) in [5.74, 6) is -0.941. The molecular weight excluding hydrogens is 448 g/mol. The van der Waals surface area contributed by atoms with Crippen LogP contribution in [0, 0.1) is 5.92 Å². The van der Waals surface area contributed by atoms with Crippen LogP contribution in [0.2, 0.25) is 0 Å². The number of aliphatic carboxylic acids is 1. The van der Waals surface area contributed by atoms with Crippen molar-refractivity contribution in [2.24, 2.45) is 5.92 Å². The Kier molecular flexibility index (Phi) is 7.73. The van der Waals surface area contributed by atoms with Gasteiger partial charge in [-0.25, -0.2) is 0 Å². The summed E-state index contributed by atoms with van der Waals surface area (Å²) in [6.07, 6.45) is 1.75. The number of fused-ring (bicyclic) bond motifs is 1. The fourth-order valence-corrected chi connectivity index (χ4v) is 4.75. The molecule has 0 spiro atoms. The molecule has 0 unspecified atom stereocenters. The van der Waals surface area contributed by atoms with E-state index < -0.39 is 12.0 Å². The van der Waals surface area contributed by atoms with E-state index in [-0.39, 0.29) is 17.7 Å². The van der Waals surface area contributed by atoms with Crippen molar-refractivity contribution >= 4 is 34.4 Å². The Morgan fingerprint density at radius 3 is 2.34 bits per heavy atom. The van der Waals surface area contributed by atoms with Gasteiger partial charge in [0.05, 0.1) is 6.54 Å². The zero-order chi connectivity index (χ0) is 25.1. The SMILES string of the molecule is CC(C)C(=O)Nc1ccc2c([C@H](C(=O)O)N3CCN(CC(=O)N4CCN(C)CC4)CC3)c[nH]c2c1. The molecule has 3 N–H and O–H groups in total. The molecule has 2 aliphatic rings. The van der Waals surface area contributed by atoms with Gasteiger partial charge >= 0.3 is 5.97 Å². The van der Waals surface area contributed by atoms with Crippen molar-refractivity contribution in [3.05, 3.63) is 30.0 Å². The number of carbonyl (C=O) groups excluding carboxylic acids is 2. The maximum Gasteiger partial charge on any atom is 0.325 e. The number of carboxylic acid groups (broad SMARTS) is 1. The molecule has 10 heteroatoms. The Hall–Kier alpha value is -2.95. The third-order valence-corrected chi connectivity index (χ3v) is 7.02. The van der Waals surface area contributed by atoms with E-state index in [2.05, 4.69) is 27.1 Å². The molecule has 0 radical (unpaired) electrons. The van der Waals surface area contributed by atoms with E-state index in [0.29, 0.717) is 44.0 Å². The molecular formula is C25H36N6O4. The van der Waals surface area contributed by atoms with Crippen LogP contribution in [0.1, 0.15) is 25.5 Å². The topological polar surface area (TPSA) is 112 Å². The van der Waals surface area contributed by atoms with Gasteiger partial charge in [0.2, 0.25) is 11.8 Å². The average molecular weight is 485 g/mol. The summed E-state index contributed by atoms with van der Waals surface area (Å²) in [7, 11) is 2.07. The standard InChI is InChI=1S/C25H36N6O4/c1-17(2)24(33)27-18-4-5-19-20(15-26-21(19)14-18)23(25(34)35)31-12-8-29(9-13-31)16-22(32)30-10-6-28(3)7-11-30/h4-5,14-15,17,23,26H,6-13,16H2,1-3H3,(H,27,33)(H,34,35)/t23-/m1/s1. The molecule has 190 valence electrons. The number of hydrogen-bond donors (Lipinski definition) is 3. The summed E-state index contributed by atoms with van der Waals surface area (Å²) in [6.45, 7) is 9.82. The number of benzene rings is 1. The number of likely N-dealkylation sites (N-methyl/N-ethyl adjacent to an activating group) is 1. The van der Waals surface area contributed by atoms with Crippen LogP contribution in [0.4, 0.5) is 5.69 Å². The second kappa shape index (κ2) is 10.8. The second-order valence-electron chi connectivity index (χ2n) is 9.89. The van der Waals surface area contributed by atoms with E-state index in [1.54, 1.807) is 12.3 Å². The zero-order valence-electron chi connectivity index (χ0n) is 20.8. The van der Waals surface area contributed by atoms with Crippen LogP contribution in [-0.4, -0.2) is 113 Å². The van der Waals surface area contributed by atoms with Crippen LogP contribution >= 0.6 is 0 Å². The molecule has 0 saturated carbocycles. The van der Waals surface area contributed by atoms with Crippen molar-refractivity contribution in [2.75, 3.05) is 71.3 Å². The predicted octanol–water partition coefficient (Wildman–Crippen LogP) is 1.28. The van der Waals surface area contributed by atoms with Crippen molar-refractivity contribution in [3.63, 3.8) is 0 Å². The van der Waals surface area contributed by atoms with Crippen LogP contribution in [-0.2, 0) is 14.4 Å². The normalized spacial score (nSPS) is 19.3. The fraction of sp³-hybridized carbons (Fsp3) is 0.560. The van der Waals surface area contributed by atoms with Crippen molar-refractivity contribution in [1.82, 2.24) is 24.6 Å². The average Bonchev–Trinajstić information content (AvgIpc) is 3.23. The first kappa shape index (κ1) is 25.2. The quantitative estimate of drug-likeness (QED) is 0.543. The Morgan fingerprint density at radius 2 is 1.71 bits per heavy atom. The number of carboxylic acids is 1. The smallest absolute Gasteiger partial charge is 0.325 e. The minimum absolute atomic E-state index is 0.0662. The third kappa shape index (κ3) is 5.83. The van der Waals surface area contributed by atoms with Crippen molar-refractivity contribution in [2.45, 2.75) is 19.9 Å². The number of H-pyrrole nitrogens is 1. The molecule has 1 aromatic heterocycles. The zero-order valence-corrected chi connectivity index (χ0v) is 20.8. The van der Waals surface area contributed by atoms with Crippen molar-refractivity contribution < 1.29 is 19.5 Å². The Morgan fingerprint density at radius 1 is 1.03 bits per heavy atom. The number of carbonyl (C=O) groups is 3. The molecule has 0 bridgehead atoms. The molecule has 0 aliphatic carbocycles. The number of aromatic nitrogens is 1. The van der Waals surface area contributed by atoms with E-state index in [0.717, 1.165) is 37.1 Å². The van der Waals surface area contributed by atoms with Gasteiger partial charge in [-0.15, -0.1) is 0 Å². The van der Waals surface area contributed by atoms with Crippen molar-refractivity contribution in [1.29, 1.82) is 0 Å². The number of nitrogens with one attached hydrogen (secondary N) is 2. The first-order chi connectivity index (χ1) is 16.7. The van der Waals surface area contributed by atoms with Gasteiger partial charge in [0.1, 0.15) is 6.04 Å².